The van der Waals surface area contributed by atoms with Crippen LogP contribution in [0.3, 0.4) is 0 Å². The minimum atomic E-state index is -3.94. The van der Waals surface area contributed by atoms with Crippen molar-refractivity contribution in [3.05, 3.63) is 79.7 Å². The maximum absolute atomic E-state index is 14.8. The van der Waals surface area contributed by atoms with E-state index in [1.165, 1.54) is 47.9 Å². The Labute approximate surface area is 351 Å². The van der Waals surface area contributed by atoms with Crippen molar-refractivity contribution in [3.8, 4) is 23.0 Å². The molecule has 2 saturated carbocycles. The lowest BCUT2D eigenvalue weighted by Crippen LogP contribution is -2.58. The number of halogens is 1. The van der Waals surface area contributed by atoms with E-state index < -0.39 is 73.9 Å². The van der Waals surface area contributed by atoms with Gasteiger partial charge in [0.2, 0.25) is 27.4 Å². The highest BCUT2D eigenvalue weighted by Gasteiger charge is 2.62. The molecule has 3 aliphatic rings. The Morgan fingerprint density at radius 3 is 2.43 bits per heavy atom. The van der Waals surface area contributed by atoms with Gasteiger partial charge in [-0.15, -0.1) is 6.58 Å². The van der Waals surface area contributed by atoms with E-state index in [9.17, 15) is 27.2 Å². The first-order chi connectivity index (χ1) is 29.0. The lowest BCUT2D eigenvalue weighted by atomic mass is 9.85. The number of aromatic nitrogens is 4. The van der Waals surface area contributed by atoms with Gasteiger partial charge in [-0.2, -0.15) is 4.98 Å². The molecule has 0 unspecified atom stereocenters. The SMILES string of the molecule is C=C[C@@H]1C[C@]1(NC(=O)[C@@H]1C[C@@H](Oc2nc(-c3ccc(OC(C)C)cc3)nc3c2oc2ccc(F)cc23)CN1C(=O)[C@@H](Nc1cncnc1)C(C)(C)C)C(=O)NS(=O)(=O)C1CC1. The van der Waals surface area contributed by atoms with E-state index in [0.29, 0.717) is 40.8 Å². The lowest BCUT2D eigenvalue weighted by Gasteiger charge is -2.36. The molecule has 5 aromatic rings. The van der Waals surface area contributed by atoms with Crippen molar-refractivity contribution in [1.29, 1.82) is 0 Å². The van der Waals surface area contributed by atoms with Crippen LogP contribution in [0.4, 0.5) is 10.1 Å². The highest BCUT2D eigenvalue weighted by molar-refractivity contribution is 7.91. The molecule has 1 aliphatic heterocycles. The summed E-state index contributed by atoms with van der Waals surface area (Å²) in [5, 5.41) is 5.78. The second-order valence-electron chi connectivity index (χ2n) is 17.2. The normalized spacial score (nSPS) is 21.9. The molecule has 3 aromatic heterocycles. The standard InChI is InChI=1S/C43H47FN8O8S/c1-7-25-18-43(25,41(55)51-61(56,57)30-13-14-30)50-38(53)32-17-29(21-52(32)40(54)36(42(4,5)6)47-27-19-45-22-46-20-27)59-39-35-34(31-16-26(44)10-15-33(31)60-35)48-37(49-39)24-8-11-28(12-9-24)58-23(2)3/h7-12,15-16,19-20,22-23,25,29-30,32,36,47H,1,13-14,17-18,21H2,2-6H3,(H,50,53)(H,51,55)/t25-,29-,32+,36-,43-/m1/s1. The first kappa shape index (κ1) is 41.6. The van der Waals surface area contributed by atoms with E-state index in [1.54, 1.807) is 24.3 Å². The molecule has 61 heavy (non-hydrogen) atoms. The summed E-state index contributed by atoms with van der Waals surface area (Å²) < 4.78 is 61.0. The minimum absolute atomic E-state index is 0.000419. The molecular formula is C43H47FN8O8S. The average molecular weight is 855 g/mol. The molecule has 5 atom stereocenters. The molecule has 16 nitrogen and oxygen atoms in total. The van der Waals surface area contributed by atoms with Crippen LogP contribution in [0.5, 0.6) is 11.6 Å². The van der Waals surface area contributed by atoms with Gasteiger partial charge < -0.3 is 29.4 Å². The van der Waals surface area contributed by atoms with Crippen molar-refractivity contribution < 1.29 is 41.1 Å². The van der Waals surface area contributed by atoms with Crippen LogP contribution in [-0.2, 0) is 24.4 Å². The quantitative estimate of drug-likeness (QED) is 0.121. The number of carbonyl (C=O) groups is 3. The predicted octanol–water partition coefficient (Wildman–Crippen LogP) is 5.30. The number of nitrogens with one attached hydrogen (secondary N) is 3. The van der Waals surface area contributed by atoms with E-state index in [0.717, 1.165) is 0 Å². The van der Waals surface area contributed by atoms with E-state index >= 15 is 0 Å². The van der Waals surface area contributed by atoms with Gasteiger partial charge >= 0.3 is 0 Å². The fourth-order valence-electron chi connectivity index (χ4n) is 7.66. The van der Waals surface area contributed by atoms with Crippen LogP contribution in [-0.4, -0.2) is 92.6 Å². The highest BCUT2D eigenvalue weighted by Crippen LogP contribution is 2.46. The first-order valence-electron chi connectivity index (χ1n) is 20.1. The third-order valence-corrected chi connectivity index (χ3v) is 12.9. The number of anilines is 1. The maximum Gasteiger partial charge on any atom is 0.262 e. The summed E-state index contributed by atoms with van der Waals surface area (Å²) in [5.41, 5.74) is -0.459. The summed E-state index contributed by atoms with van der Waals surface area (Å²) in [4.78, 5) is 62.1. The molecule has 18 heteroatoms. The number of hydrogen-bond acceptors (Lipinski definition) is 13. The number of amides is 3. The number of ether oxygens (including phenoxy) is 2. The number of hydrogen-bond donors (Lipinski definition) is 3. The third-order valence-electron chi connectivity index (χ3n) is 11.1. The number of nitrogens with zero attached hydrogens (tertiary/aromatic N) is 5. The molecule has 2 aliphatic carbocycles. The Morgan fingerprint density at radius 2 is 1.79 bits per heavy atom. The summed E-state index contributed by atoms with van der Waals surface area (Å²) in [7, 11) is -3.94. The van der Waals surface area contributed by atoms with Gasteiger partial charge in [-0.3, -0.25) is 19.1 Å². The summed E-state index contributed by atoms with van der Waals surface area (Å²) >= 11 is 0. The summed E-state index contributed by atoms with van der Waals surface area (Å²) in [6.45, 7) is 13.1. The number of fused-ring (bicyclic) bond motifs is 3. The zero-order chi connectivity index (χ0) is 43.4. The van der Waals surface area contributed by atoms with Crippen molar-refractivity contribution in [1.82, 2.24) is 34.9 Å². The molecule has 0 spiro atoms. The van der Waals surface area contributed by atoms with Gasteiger partial charge in [-0.1, -0.05) is 26.8 Å². The Hall–Kier alpha value is -6.17. The Bertz CT molecular complexity index is 2630. The van der Waals surface area contributed by atoms with E-state index in [1.807, 2.05) is 34.6 Å². The monoisotopic (exact) mass is 854 g/mol. The molecule has 2 aromatic carbocycles. The number of benzene rings is 2. The number of sulfonamides is 1. The highest BCUT2D eigenvalue weighted by atomic mass is 32.2. The Morgan fingerprint density at radius 1 is 1.07 bits per heavy atom. The largest absolute Gasteiger partial charge is 0.491 e. The zero-order valence-electron chi connectivity index (χ0n) is 34.3. The third kappa shape index (κ3) is 8.45. The topological polar surface area (TPSA) is 208 Å². The number of carbonyl (C=O) groups excluding carboxylic acids is 3. The van der Waals surface area contributed by atoms with Crippen molar-refractivity contribution >= 4 is 55.5 Å². The average Bonchev–Trinajstić information content (AvgIpc) is 4.12. The van der Waals surface area contributed by atoms with Gasteiger partial charge in [0.25, 0.3) is 11.8 Å². The van der Waals surface area contributed by atoms with Crippen LogP contribution < -0.4 is 24.8 Å². The molecule has 0 bridgehead atoms. The van der Waals surface area contributed by atoms with E-state index in [-0.39, 0.29) is 48.3 Å². The molecule has 3 amide bonds. The Kier molecular flexibility index (Phi) is 10.7. The number of likely N-dealkylation sites (tertiary alicyclic amines) is 1. The van der Waals surface area contributed by atoms with Crippen LogP contribution >= 0.6 is 0 Å². The minimum Gasteiger partial charge on any atom is -0.491 e. The number of furan rings is 1. The molecule has 4 heterocycles. The molecular weight excluding hydrogens is 808 g/mol. The number of rotatable bonds is 14. The van der Waals surface area contributed by atoms with Crippen molar-refractivity contribution in [2.75, 3.05) is 11.9 Å². The molecule has 3 N–H and O–H groups in total. The van der Waals surface area contributed by atoms with Crippen molar-refractivity contribution in [2.45, 2.75) is 95.4 Å². The van der Waals surface area contributed by atoms with Crippen molar-refractivity contribution in [3.63, 3.8) is 0 Å². The van der Waals surface area contributed by atoms with Gasteiger partial charge in [-0.05, 0) is 81.0 Å². The molecule has 0 radical (unpaired) electrons. The van der Waals surface area contributed by atoms with Crippen LogP contribution in [0, 0.1) is 17.2 Å². The predicted molar refractivity (Wildman–Crippen MR) is 223 cm³/mol. The second kappa shape index (κ2) is 15.7. The van der Waals surface area contributed by atoms with Gasteiger partial charge in [0.1, 0.15) is 52.7 Å². The lowest BCUT2D eigenvalue weighted by molar-refractivity contribution is -0.141. The van der Waals surface area contributed by atoms with Crippen LogP contribution in [0.1, 0.15) is 60.3 Å². The van der Waals surface area contributed by atoms with Crippen LogP contribution in [0.25, 0.3) is 33.5 Å². The molecule has 8 rings (SSSR count). The maximum atomic E-state index is 14.8. The Balaban J connectivity index is 1.15. The van der Waals surface area contributed by atoms with Gasteiger partial charge in [0.15, 0.2) is 5.82 Å². The summed E-state index contributed by atoms with van der Waals surface area (Å²) in [5.74, 6) is -2.17. The van der Waals surface area contributed by atoms with Gasteiger partial charge in [-0.25, -0.2) is 27.8 Å². The smallest absolute Gasteiger partial charge is 0.262 e. The van der Waals surface area contributed by atoms with Crippen molar-refractivity contribution in [2.24, 2.45) is 11.3 Å². The van der Waals surface area contributed by atoms with Gasteiger partial charge in [0.05, 0.1) is 36.0 Å². The van der Waals surface area contributed by atoms with Gasteiger partial charge in [0, 0.05) is 23.3 Å². The van der Waals surface area contributed by atoms with E-state index in [4.69, 9.17) is 23.9 Å². The van der Waals surface area contributed by atoms with E-state index in [2.05, 4.69) is 31.9 Å². The zero-order valence-corrected chi connectivity index (χ0v) is 35.2. The van der Waals surface area contributed by atoms with Crippen LogP contribution in [0.15, 0.2) is 78.3 Å². The first-order valence-corrected chi connectivity index (χ1v) is 21.7. The fourth-order valence-corrected chi connectivity index (χ4v) is 9.03. The molecule has 3 fully saturated rings. The second-order valence-corrected chi connectivity index (χ2v) is 19.2. The van der Waals surface area contributed by atoms with Crippen LogP contribution in [0.2, 0.25) is 0 Å². The summed E-state index contributed by atoms with van der Waals surface area (Å²) in [6, 6.07) is 9.11. The fraction of sp³-hybridized carbons (Fsp3) is 0.419. The molecule has 320 valence electrons. The molecule has 1 saturated heterocycles. The summed E-state index contributed by atoms with van der Waals surface area (Å²) in [6.07, 6.45) is 5.95.